The Kier molecular flexibility index (Phi) is 4.67. The first-order valence-electron chi connectivity index (χ1n) is 6.91. The molecule has 1 unspecified atom stereocenters. The number of carbonyl (C=O) groups excluding carboxylic acids is 1. The SMILES string of the molecule is CN(C)c1cccc(OCC(=O)N2CCCC2C(=O)O)c1. The fraction of sp³-hybridized carbons (Fsp3) is 0.467. The van der Waals surface area contributed by atoms with Gasteiger partial charge in [-0.2, -0.15) is 0 Å². The second-order valence-electron chi connectivity index (χ2n) is 5.26. The van der Waals surface area contributed by atoms with Crippen LogP contribution >= 0.6 is 0 Å². The van der Waals surface area contributed by atoms with E-state index in [0.29, 0.717) is 18.7 Å². The van der Waals surface area contributed by atoms with Crippen molar-refractivity contribution in [2.75, 3.05) is 32.1 Å². The second-order valence-corrected chi connectivity index (χ2v) is 5.26. The van der Waals surface area contributed by atoms with Crippen LogP contribution in [0.1, 0.15) is 12.8 Å². The third-order valence-electron chi connectivity index (χ3n) is 3.55. The van der Waals surface area contributed by atoms with Crippen LogP contribution in [0.4, 0.5) is 5.69 Å². The largest absolute Gasteiger partial charge is 0.484 e. The van der Waals surface area contributed by atoms with Gasteiger partial charge in [0.2, 0.25) is 0 Å². The van der Waals surface area contributed by atoms with E-state index in [1.165, 1.54) is 4.90 Å². The van der Waals surface area contributed by atoms with Crippen molar-refractivity contribution in [1.29, 1.82) is 0 Å². The minimum Gasteiger partial charge on any atom is -0.484 e. The van der Waals surface area contributed by atoms with Crippen LogP contribution in [0.3, 0.4) is 0 Å². The highest BCUT2D eigenvalue weighted by atomic mass is 16.5. The summed E-state index contributed by atoms with van der Waals surface area (Å²) in [7, 11) is 3.85. The molecular weight excluding hydrogens is 272 g/mol. The monoisotopic (exact) mass is 292 g/mol. The van der Waals surface area contributed by atoms with E-state index in [1.54, 1.807) is 6.07 Å². The number of aliphatic carboxylic acids is 1. The molecule has 21 heavy (non-hydrogen) atoms. The van der Waals surface area contributed by atoms with Crippen LogP contribution in [0.25, 0.3) is 0 Å². The Morgan fingerprint density at radius 1 is 1.43 bits per heavy atom. The van der Waals surface area contributed by atoms with E-state index in [1.807, 2.05) is 37.2 Å². The van der Waals surface area contributed by atoms with E-state index in [2.05, 4.69) is 0 Å². The molecule has 1 amide bonds. The van der Waals surface area contributed by atoms with Gasteiger partial charge in [-0.25, -0.2) is 4.79 Å². The van der Waals surface area contributed by atoms with E-state index in [4.69, 9.17) is 9.84 Å². The third-order valence-corrected chi connectivity index (χ3v) is 3.55. The minimum atomic E-state index is -0.949. The number of amides is 1. The highest BCUT2D eigenvalue weighted by molar-refractivity contribution is 5.85. The molecule has 1 aromatic carbocycles. The Hall–Kier alpha value is -2.24. The molecule has 114 valence electrons. The first kappa shape index (κ1) is 15.2. The fourth-order valence-corrected chi connectivity index (χ4v) is 2.40. The van der Waals surface area contributed by atoms with E-state index >= 15 is 0 Å². The lowest BCUT2D eigenvalue weighted by atomic mass is 10.2. The smallest absolute Gasteiger partial charge is 0.326 e. The lowest BCUT2D eigenvalue weighted by Crippen LogP contribution is -2.42. The topological polar surface area (TPSA) is 70.1 Å². The molecule has 1 atom stereocenters. The Morgan fingerprint density at radius 2 is 2.19 bits per heavy atom. The fourth-order valence-electron chi connectivity index (χ4n) is 2.40. The van der Waals surface area contributed by atoms with E-state index in [0.717, 1.165) is 12.1 Å². The molecule has 1 aromatic rings. The van der Waals surface area contributed by atoms with Crippen molar-refractivity contribution < 1.29 is 19.4 Å². The van der Waals surface area contributed by atoms with Crippen LogP contribution in [-0.4, -0.2) is 55.2 Å². The molecule has 1 aliphatic rings. The lowest BCUT2D eigenvalue weighted by molar-refractivity contribution is -0.148. The molecule has 0 radical (unpaired) electrons. The molecule has 1 heterocycles. The normalized spacial score (nSPS) is 17.6. The molecule has 6 heteroatoms. The number of carboxylic acid groups (broad SMARTS) is 1. The maximum Gasteiger partial charge on any atom is 0.326 e. The number of rotatable bonds is 5. The molecule has 0 saturated carbocycles. The van der Waals surface area contributed by atoms with Crippen molar-refractivity contribution in [3.05, 3.63) is 24.3 Å². The summed E-state index contributed by atoms with van der Waals surface area (Å²) in [6.07, 6.45) is 1.23. The summed E-state index contributed by atoms with van der Waals surface area (Å²) >= 11 is 0. The van der Waals surface area contributed by atoms with Gasteiger partial charge in [-0.3, -0.25) is 4.79 Å². The van der Waals surface area contributed by atoms with Crippen molar-refractivity contribution in [2.45, 2.75) is 18.9 Å². The number of hydrogen-bond acceptors (Lipinski definition) is 4. The maximum absolute atomic E-state index is 12.1. The van der Waals surface area contributed by atoms with E-state index in [-0.39, 0.29) is 12.5 Å². The number of anilines is 1. The molecule has 1 saturated heterocycles. The highest BCUT2D eigenvalue weighted by Crippen LogP contribution is 2.21. The number of carboxylic acids is 1. The van der Waals surface area contributed by atoms with Gasteiger partial charge in [-0.1, -0.05) is 6.07 Å². The zero-order valence-electron chi connectivity index (χ0n) is 12.3. The Labute approximate surface area is 123 Å². The average Bonchev–Trinajstić information content (AvgIpc) is 2.94. The maximum atomic E-state index is 12.1. The van der Waals surface area contributed by atoms with Crippen molar-refractivity contribution in [3.63, 3.8) is 0 Å². The van der Waals surface area contributed by atoms with Gasteiger partial charge in [0.1, 0.15) is 11.8 Å². The van der Waals surface area contributed by atoms with Gasteiger partial charge in [0.15, 0.2) is 6.61 Å². The van der Waals surface area contributed by atoms with Crippen molar-refractivity contribution in [1.82, 2.24) is 4.90 Å². The number of likely N-dealkylation sites (tertiary alicyclic amines) is 1. The predicted molar refractivity (Wildman–Crippen MR) is 78.6 cm³/mol. The molecule has 6 nitrogen and oxygen atoms in total. The van der Waals surface area contributed by atoms with E-state index in [9.17, 15) is 9.59 Å². The van der Waals surface area contributed by atoms with Crippen LogP contribution in [0, 0.1) is 0 Å². The van der Waals surface area contributed by atoms with Gasteiger partial charge in [-0.05, 0) is 25.0 Å². The summed E-state index contributed by atoms with van der Waals surface area (Å²) in [5.41, 5.74) is 0.976. The summed E-state index contributed by atoms with van der Waals surface area (Å²) in [5.74, 6) is -0.633. The van der Waals surface area contributed by atoms with Crippen LogP contribution in [0.5, 0.6) is 5.75 Å². The van der Waals surface area contributed by atoms with Gasteiger partial charge in [0, 0.05) is 32.4 Å². The van der Waals surface area contributed by atoms with Crippen molar-refractivity contribution in [3.8, 4) is 5.75 Å². The highest BCUT2D eigenvalue weighted by Gasteiger charge is 2.33. The molecule has 1 aliphatic heterocycles. The average molecular weight is 292 g/mol. The summed E-state index contributed by atoms with van der Waals surface area (Å²) in [6, 6.07) is 6.69. The van der Waals surface area contributed by atoms with Gasteiger partial charge in [-0.15, -0.1) is 0 Å². The van der Waals surface area contributed by atoms with Crippen LogP contribution < -0.4 is 9.64 Å². The molecule has 0 aliphatic carbocycles. The van der Waals surface area contributed by atoms with Crippen LogP contribution in [-0.2, 0) is 9.59 Å². The molecule has 2 rings (SSSR count). The number of benzene rings is 1. The molecule has 0 bridgehead atoms. The van der Waals surface area contributed by atoms with Gasteiger partial charge < -0.3 is 19.6 Å². The minimum absolute atomic E-state index is 0.138. The van der Waals surface area contributed by atoms with Crippen molar-refractivity contribution in [2.24, 2.45) is 0 Å². The van der Waals surface area contributed by atoms with Crippen LogP contribution in [0.2, 0.25) is 0 Å². The summed E-state index contributed by atoms with van der Waals surface area (Å²) in [4.78, 5) is 26.5. The number of hydrogen-bond donors (Lipinski definition) is 1. The molecule has 0 aromatic heterocycles. The first-order valence-corrected chi connectivity index (χ1v) is 6.91. The predicted octanol–water partition coefficient (Wildman–Crippen LogP) is 1.21. The molecular formula is C15H20N2O4. The Morgan fingerprint density at radius 3 is 2.86 bits per heavy atom. The second kappa shape index (κ2) is 6.47. The van der Waals surface area contributed by atoms with E-state index < -0.39 is 12.0 Å². The standard InChI is InChI=1S/C15H20N2O4/c1-16(2)11-5-3-6-12(9-11)21-10-14(18)17-8-4-7-13(17)15(19)20/h3,5-6,9,13H,4,7-8,10H2,1-2H3,(H,19,20). The van der Waals surface area contributed by atoms with Gasteiger partial charge in [0.25, 0.3) is 5.91 Å². The number of carbonyl (C=O) groups is 2. The molecule has 1 N–H and O–H groups in total. The van der Waals surface area contributed by atoms with Crippen LogP contribution in [0.15, 0.2) is 24.3 Å². The summed E-state index contributed by atoms with van der Waals surface area (Å²) in [6.45, 7) is 0.345. The molecule has 1 fully saturated rings. The quantitative estimate of drug-likeness (QED) is 0.883. The molecule has 0 spiro atoms. The van der Waals surface area contributed by atoms with Gasteiger partial charge in [0.05, 0.1) is 0 Å². The summed E-state index contributed by atoms with van der Waals surface area (Å²) < 4.78 is 5.49. The number of nitrogens with zero attached hydrogens (tertiary/aromatic N) is 2. The Bertz CT molecular complexity index is 530. The van der Waals surface area contributed by atoms with Gasteiger partial charge >= 0.3 is 5.97 Å². The Balaban J connectivity index is 1.95. The first-order chi connectivity index (χ1) is 9.99. The third kappa shape index (κ3) is 3.65. The lowest BCUT2D eigenvalue weighted by Gasteiger charge is -2.21. The zero-order valence-corrected chi connectivity index (χ0v) is 12.3. The number of ether oxygens (including phenoxy) is 1. The van der Waals surface area contributed by atoms with Crippen molar-refractivity contribution >= 4 is 17.6 Å². The zero-order chi connectivity index (χ0) is 15.4. The summed E-state index contributed by atoms with van der Waals surface area (Å²) in [5, 5.41) is 9.08.